The molecule has 2 heteroatoms. The normalized spacial score (nSPS) is 39.6. The molecule has 0 bridgehead atoms. The zero-order chi connectivity index (χ0) is 12.8. The monoisotopic (exact) mass is 245 g/mol. The van der Waals surface area contributed by atoms with Gasteiger partial charge in [-0.25, -0.2) is 0 Å². The molecule has 1 fully saturated rings. The van der Waals surface area contributed by atoms with Crippen molar-refractivity contribution in [1.29, 1.82) is 0 Å². The first-order valence-corrected chi connectivity index (χ1v) is 7.14. The van der Waals surface area contributed by atoms with Gasteiger partial charge in [0.2, 0.25) is 0 Å². The van der Waals surface area contributed by atoms with Crippen LogP contribution in [0.25, 0.3) is 0 Å². The van der Waals surface area contributed by atoms with Crippen molar-refractivity contribution >= 4 is 0 Å². The molecule has 0 spiro atoms. The van der Waals surface area contributed by atoms with E-state index in [1.54, 1.807) is 0 Å². The van der Waals surface area contributed by atoms with E-state index >= 15 is 0 Å². The number of rotatable bonds is 1. The molecule has 1 aromatic carbocycles. The van der Waals surface area contributed by atoms with Crippen molar-refractivity contribution in [2.45, 2.75) is 51.3 Å². The fourth-order valence-electron chi connectivity index (χ4n) is 3.66. The second kappa shape index (κ2) is 4.36. The van der Waals surface area contributed by atoms with Gasteiger partial charge in [0.05, 0.1) is 11.6 Å². The van der Waals surface area contributed by atoms with E-state index < -0.39 is 5.60 Å². The Bertz CT molecular complexity index is 444. The molecule has 3 rings (SSSR count). The van der Waals surface area contributed by atoms with Crippen LogP contribution in [0, 0.1) is 11.8 Å². The number of nitrogens with one attached hydrogen (secondary N) is 1. The first-order chi connectivity index (χ1) is 8.60. The van der Waals surface area contributed by atoms with Crippen LogP contribution in [-0.2, 0) is 6.54 Å². The Labute approximate surface area is 109 Å². The quantitative estimate of drug-likeness (QED) is 0.797. The minimum absolute atomic E-state index is 0.128. The third-order valence-electron chi connectivity index (χ3n) is 5.08. The minimum Gasteiger partial charge on any atom is -0.388 e. The van der Waals surface area contributed by atoms with E-state index in [0.717, 1.165) is 31.7 Å². The van der Waals surface area contributed by atoms with Crippen LogP contribution in [-0.4, -0.2) is 10.7 Å². The van der Waals surface area contributed by atoms with Crippen molar-refractivity contribution in [2.24, 2.45) is 11.8 Å². The van der Waals surface area contributed by atoms with Gasteiger partial charge in [-0.05, 0) is 42.2 Å². The topological polar surface area (TPSA) is 32.3 Å². The summed E-state index contributed by atoms with van der Waals surface area (Å²) in [7, 11) is 0. The van der Waals surface area contributed by atoms with Crippen LogP contribution in [0.5, 0.6) is 0 Å². The lowest BCUT2D eigenvalue weighted by atomic mass is 9.69. The Balaban J connectivity index is 1.88. The molecular formula is C16H23NO. The van der Waals surface area contributed by atoms with Crippen LogP contribution in [0.3, 0.4) is 0 Å². The molecule has 0 aromatic heterocycles. The van der Waals surface area contributed by atoms with Gasteiger partial charge in [0.15, 0.2) is 0 Å². The van der Waals surface area contributed by atoms with Crippen molar-refractivity contribution in [2.75, 3.05) is 0 Å². The van der Waals surface area contributed by atoms with E-state index in [1.807, 2.05) is 0 Å². The highest BCUT2D eigenvalue weighted by molar-refractivity contribution is 5.36. The SMILES string of the molecule is CC1CCC(O)(C2NCc3ccccc32)CC1C. The molecule has 0 amide bonds. The molecule has 1 aliphatic carbocycles. The number of fused-ring (bicyclic) bond motifs is 1. The fraction of sp³-hybridized carbons (Fsp3) is 0.625. The number of aliphatic hydroxyl groups is 1. The summed E-state index contributed by atoms with van der Waals surface area (Å²) in [6, 6.07) is 8.63. The average Bonchev–Trinajstić information content (AvgIpc) is 2.79. The summed E-state index contributed by atoms with van der Waals surface area (Å²) in [4.78, 5) is 0. The molecule has 18 heavy (non-hydrogen) atoms. The molecule has 4 atom stereocenters. The first-order valence-electron chi connectivity index (χ1n) is 7.14. The lowest BCUT2D eigenvalue weighted by Crippen LogP contribution is -2.46. The van der Waals surface area contributed by atoms with Crippen LogP contribution >= 0.6 is 0 Å². The highest BCUT2D eigenvalue weighted by atomic mass is 16.3. The van der Waals surface area contributed by atoms with E-state index in [9.17, 15) is 5.11 Å². The van der Waals surface area contributed by atoms with Crippen molar-refractivity contribution in [3.63, 3.8) is 0 Å². The van der Waals surface area contributed by atoms with Crippen LogP contribution in [0.4, 0.5) is 0 Å². The number of hydrogen-bond acceptors (Lipinski definition) is 2. The van der Waals surface area contributed by atoms with E-state index in [2.05, 4.69) is 43.4 Å². The summed E-state index contributed by atoms with van der Waals surface area (Å²) >= 11 is 0. The molecule has 1 saturated carbocycles. The molecule has 2 N–H and O–H groups in total. The summed E-state index contributed by atoms with van der Waals surface area (Å²) < 4.78 is 0. The van der Waals surface area contributed by atoms with Crippen molar-refractivity contribution in [1.82, 2.24) is 5.32 Å². The maximum absolute atomic E-state index is 11.0. The summed E-state index contributed by atoms with van der Waals surface area (Å²) in [5, 5.41) is 14.6. The largest absolute Gasteiger partial charge is 0.388 e. The fourth-order valence-corrected chi connectivity index (χ4v) is 3.66. The first kappa shape index (κ1) is 12.2. The predicted molar refractivity (Wildman–Crippen MR) is 73.2 cm³/mol. The van der Waals surface area contributed by atoms with Crippen molar-refractivity contribution in [3.05, 3.63) is 35.4 Å². The van der Waals surface area contributed by atoms with Crippen LogP contribution < -0.4 is 5.32 Å². The predicted octanol–water partition coefficient (Wildman–Crippen LogP) is 3.02. The second-order valence-electron chi connectivity index (χ2n) is 6.31. The Kier molecular flexibility index (Phi) is 2.95. The summed E-state index contributed by atoms with van der Waals surface area (Å²) in [6.07, 6.45) is 2.97. The number of benzene rings is 1. The summed E-state index contributed by atoms with van der Waals surface area (Å²) in [6.45, 7) is 5.48. The van der Waals surface area contributed by atoms with Crippen LogP contribution in [0.2, 0.25) is 0 Å². The van der Waals surface area contributed by atoms with Gasteiger partial charge in [-0.3, -0.25) is 0 Å². The zero-order valence-corrected chi connectivity index (χ0v) is 11.3. The summed E-state index contributed by atoms with van der Waals surface area (Å²) in [5.74, 6) is 1.35. The second-order valence-corrected chi connectivity index (χ2v) is 6.31. The summed E-state index contributed by atoms with van der Waals surface area (Å²) in [5.41, 5.74) is 2.10. The highest BCUT2D eigenvalue weighted by Gasteiger charge is 2.44. The smallest absolute Gasteiger partial charge is 0.0844 e. The molecule has 1 heterocycles. The lowest BCUT2D eigenvalue weighted by Gasteiger charge is -2.43. The van der Waals surface area contributed by atoms with Gasteiger partial charge in [-0.1, -0.05) is 38.1 Å². The molecule has 2 aliphatic rings. The maximum atomic E-state index is 11.0. The lowest BCUT2D eigenvalue weighted by molar-refractivity contribution is -0.0565. The van der Waals surface area contributed by atoms with Crippen molar-refractivity contribution in [3.8, 4) is 0 Å². The van der Waals surface area contributed by atoms with Gasteiger partial charge in [0.25, 0.3) is 0 Å². The van der Waals surface area contributed by atoms with Gasteiger partial charge in [-0.2, -0.15) is 0 Å². The maximum Gasteiger partial charge on any atom is 0.0844 e. The zero-order valence-electron chi connectivity index (χ0n) is 11.3. The van der Waals surface area contributed by atoms with E-state index in [0.29, 0.717) is 5.92 Å². The molecular weight excluding hydrogens is 222 g/mol. The molecule has 0 saturated heterocycles. The third-order valence-corrected chi connectivity index (χ3v) is 5.08. The van der Waals surface area contributed by atoms with Gasteiger partial charge < -0.3 is 10.4 Å². The molecule has 98 valence electrons. The van der Waals surface area contributed by atoms with Crippen LogP contribution in [0.15, 0.2) is 24.3 Å². The van der Waals surface area contributed by atoms with Gasteiger partial charge in [0.1, 0.15) is 0 Å². The molecule has 4 unspecified atom stereocenters. The molecule has 2 nitrogen and oxygen atoms in total. The van der Waals surface area contributed by atoms with Gasteiger partial charge in [-0.15, -0.1) is 0 Å². The van der Waals surface area contributed by atoms with E-state index in [4.69, 9.17) is 0 Å². The Morgan fingerprint density at radius 1 is 1.22 bits per heavy atom. The number of hydrogen-bond donors (Lipinski definition) is 2. The van der Waals surface area contributed by atoms with Crippen molar-refractivity contribution < 1.29 is 5.11 Å². The van der Waals surface area contributed by atoms with E-state index in [-0.39, 0.29) is 6.04 Å². The standard InChI is InChI=1S/C16H23NO/c1-11-7-8-16(18,9-12(11)2)15-14-6-4-3-5-13(14)10-17-15/h3-6,11-12,15,17-18H,7-10H2,1-2H3. The Morgan fingerprint density at radius 3 is 2.78 bits per heavy atom. The minimum atomic E-state index is -0.557. The van der Waals surface area contributed by atoms with Gasteiger partial charge >= 0.3 is 0 Å². The Morgan fingerprint density at radius 2 is 2.00 bits per heavy atom. The van der Waals surface area contributed by atoms with E-state index in [1.165, 1.54) is 11.1 Å². The molecule has 1 aliphatic heterocycles. The Hall–Kier alpha value is -0.860. The third kappa shape index (κ3) is 1.88. The highest BCUT2D eigenvalue weighted by Crippen LogP contribution is 2.45. The average molecular weight is 245 g/mol. The van der Waals surface area contributed by atoms with Gasteiger partial charge in [0, 0.05) is 6.54 Å². The van der Waals surface area contributed by atoms with Crippen LogP contribution in [0.1, 0.15) is 50.3 Å². The molecule has 1 aromatic rings. The molecule has 0 radical (unpaired) electrons.